The topological polar surface area (TPSA) is 68.2 Å². The zero-order valence-electron chi connectivity index (χ0n) is 11.8. The highest BCUT2D eigenvalue weighted by Crippen LogP contribution is 2.23. The number of methoxy groups -OCH3 is 1. The molecule has 6 heteroatoms. The standard InChI is InChI=1S/C13H25NO5/c1-11(13(15)16)12-9-14(10-12)3-4-18-7-8-19-6-5-17-2/h11-12H,3-10H2,1-2H3,(H,15,16). The first-order valence-electron chi connectivity index (χ1n) is 6.74. The van der Waals surface area contributed by atoms with Crippen LogP contribution in [0.4, 0.5) is 0 Å². The van der Waals surface area contributed by atoms with E-state index in [0.29, 0.717) is 33.0 Å². The molecule has 1 heterocycles. The van der Waals surface area contributed by atoms with Gasteiger partial charge in [-0.2, -0.15) is 0 Å². The lowest BCUT2D eigenvalue weighted by Gasteiger charge is -2.41. The van der Waals surface area contributed by atoms with Crippen LogP contribution in [0.25, 0.3) is 0 Å². The third-order valence-electron chi connectivity index (χ3n) is 3.44. The Morgan fingerprint density at radius 3 is 2.37 bits per heavy atom. The first-order valence-corrected chi connectivity index (χ1v) is 6.74. The highest BCUT2D eigenvalue weighted by molar-refractivity contribution is 5.70. The van der Waals surface area contributed by atoms with E-state index < -0.39 is 5.97 Å². The molecule has 0 radical (unpaired) electrons. The summed E-state index contributed by atoms with van der Waals surface area (Å²) in [6.45, 7) is 7.41. The highest BCUT2D eigenvalue weighted by Gasteiger charge is 2.34. The van der Waals surface area contributed by atoms with Gasteiger partial charge in [0.15, 0.2) is 0 Å². The van der Waals surface area contributed by atoms with E-state index in [4.69, 9.17) is 19.3 Å². The molecule has 19 heavy (non-hydrogen) atoms. The van der Waals surface area contributed by atoms with Crippen molar-refractivity contribution in [1.29, 1.82) is 0 Å². The zero-order chi connectivity index (χ0) is 14.1. The highest BCUT2D eigenvalue weighted by atomic mass is 16.5. The smallest absolute Gasteiger partial charge is 0.306 e. The van der Waals surface area contributed by atoms with Crippen LogP contribution in [0.1, 0.15) is 6.92 Å². The molecule has 1 rings (SSSR count). The summed E-state index contributed by atoms with van der Waals surface area (Å²) in [6, 6.07) is 0. The third-order valence-corrected chi connectivity index (χ3v) is 3.44. The third kappa shape index (κ3) is 6.33. The number of rotatable bonds is 11. The van der Waals surface area contributed by atoms with E-state index in [9.17, 15) is 4.79 Å². The molecule has 1 unspecified atom stereocenters. The molecule has 1 aliphatic heterocycles. The lowest BCUT2D eigenvalue weighted by Crippen LogP contribution is -2.51. The Balaban J connectivity index is 1.86. The van der Waals surface area contributed by atoms with Gasteiger partial charge in [0.1, 0.15) is 0 Å². The molecule has 1 atom stereocenters. The molecular weight excluding hydrogens is 250 g/mol. The van der Waals surface area contributed by atoms with Gasteiger partial charge in [-0.3, -0.25) is 4.79 Å². The molecule has 0 aromatic rings. The van der Waals surface area contributed by atoms with E-state index in [1.807, 2.05) is 0 Å². The normalized spacial score (nSPS) is 18.2. The number of hydrogen-bond acceptors (Lipinski definition) is 5. The van der Waals surface area contributed by atoms with E-state index in [0.717, 1.165) is 19.6 Å². The quantitative estimate of drug-likeness (QED) is 0.548. The van der Waals surface area contributed by atoms with Crippen LogP contribution in [0, 0.1) is 11.8 Å². The molecule has 0 aliphatic carbocycles. The number of likely N-dealkylation sites (tertiary alicyclic amines) is 1. The maximum atomic E-state index is 10.8. The van der Waals surface area contributed by atoms with Crippen LogP contribution in [-0.2, 0) is 19.0 Å². The van der Waals surface area contributed by atoms with E-state index in [1.165, 1.54) is 0 Å². The minimum atomic E-state index is -0.700. The molecule has 1 fully saturated rings. The molecule has 0 aromatic carbocycles. The van der Waals surface area contributed by atoms with Gasteiger partial charge in [0, 0.05) is 26.7 Å². The average Bonchev–Trinajstić information content (AvgIpc) is 2.33. The summed E-state index contributed by atoms with van der Waals surface area (Å²) in [7, 11) is 1.64. The molecule has 0 saturated carbocycles. The van der Waals surface area contributed by atoms with E-state index in [2.05, 4.69) is 4.90 Å². The van der Waals surface area contributed by atoms with Gasteiger partial charge in [-0.1, -0.05) is 6.92 Å². The number of aliphatic carboxylic acids is 1. The second-order valence-corrected chi connectivity index (χ2v) is 4.86. The van der Waals surface area contributed by atoms with Crippen LogP contribution in [0.5, 0.6) is 0 Å². The summed E-state index contributed by atoms with van der Waals surface area (Å²) in [4.78, 5) is 13.0. The second kappa shape index (κ2) is 9.25. The molecule has 0 spiro atoms. The van der Waals surface area contributed by atoms with Crippen molar-refractivity contribution < 1.29 is 24.1 Å². The molecule has 1 saturated heterocycles. The monoisotopic (exact) mass is 275 g/mol. The Morgan fingerprint density at radius 1 is 1.21 bits per heavy atom. The van der Waals surface area contributed by atoms with Crippen molar-refractivity contribution in [2.75, 3.05) is 59.8 Å². The Morgan fingerprint density at radius 2 is 1.79 bits per heavy atom. The fraction of sp³-hybridized carbons (Fsp3) is 0.923. The van der Waals surface area contributed by atoms with E-state index in [-0.39, 0.29) is 11.8 Å². The van der Waals surface area contributed by atoms with Gasteiger partial charge >= 0.3 is 5.97 Å². The molecular formula is C13H25NO5. The van der Waals surface area contributed by atoms with Gasteiger partial charge in [-0.15, -0.1) is 0 Å². The predicted octanol–water partition coefficient (Wildman–Crippen LogP) is 0.319. The molecule has 1 aliphatic rings. The fourth-order valence-corrected chi connectivity index (χ4v) is 1.97. The maximum Gasteiger partial charge on any atom is 0.306 e. The first-order chi connectivity index (χ1) is 9.15. The number of carbonyl (C=O) groups is 1. The lowest BCUT2D eigenvalue weighted by molar-refractivity contribution is -0.145. The molecule has 6 nitrogen and oxygen atoms in total. The number of carboxylic acids is 1. The number of hydrogen-bond donors (Lipinski definition) is 1. The van der Waals surface area contributed by atoms with Crippen molar-refractivity contribution in [2.45, 2.75) is 6.92 Å². The van der Waals surface area contributed by atoms with Crippen LogP contribution in [-0.4, -0.2) is 75.8 Å². The van der Waals surface area contributed by atoms with Crippen LogP contribution in [0.15, 0.2) is 0 Å². The van der Waals surface area contributed by atoms with Crippen molar-refractivity contribution in [2.24, 2.45) is 11.8 Å². The second-order valence-electron chi connectivity index (χ2n) is 4.86. The van der Waals surface area contributed by atoms with Crippen LogP contribution >= 0.6 is 0 Å². The minimum absolute atomic E-state index is 0.244. The Hall–Kier alpha value is -0.690. The predicted molar refractivity (Wildman–Crippen MR) is 70.2 cm³/mol. The number of ether oxygens (including phenoxy) is 3. The maximum absolute atomic E-state index is 10.8. The molecule has 0 aromatic heterocycles. The van der Waals surface area contributed by atoms with Gasteiger partial charge in [0.05, 0.1) is 39.0 Å². The minimum Gasteiger partial charge on any atom is -0.481 e. The summed E-state index contributed by atoms with van der Waals surface area (Å²) in [5.41, 5.74) is 0. The van der Waals surface area contributed by atoms with E-state index >= 15 is 0 Å². The van der Waals surface area contributed by atoms with E-state index in [1.54, 1.807) is 14.0 Å². The first kappa shape index (κ1) is 16.4. The fourth-order valence-electron chi connectivity index (χ4n) is 1.97. The Bertz CT molecular complexity index is 255. The number of nitrogens with zero attached hydrogens (tertiary/aromatic N) is 1. The summed E-state index contributed by atoms with van der Waals surface area (Å²) in [5.74, 6) is -0.657. The lowest BCUT2D eigenvalue weighted by atomic mass is 9.87. The van der Waals surface area contributed by atoms with Crippen molar-refractivity contribution in [3.8, 4) is 0 Å². The van der Waals surface area contributed by atoms with Crippen molar-refractivity contribution >= 4 is 5.97 Å². The average molecular weight is 275 g/mol. The van der Waals surface area contributed by atoms with Crippen molar-refractivity contribution in [3.05, 3.63) is 0 Å². The van der Waals surface area contributed by atoms with Crippen LogP contribution in [0.2, 0.25) is 0 Å². The van der Waals surface area contributed by atoms with Crippen LogP contribution < -0.4 is 0 Å². The Labute approximate surface area is 114 Å². The molecule has 1 N–H and O–H groups in total. The van der Waals surface area contributed by atoms with Crippen molar-refractivity contribution in [3.63, 3.8) is 0 Å². The molecule has 112 valence electrons. The van der Waals surface area contributed by atoms with Gasteiger partial charge < -0.3 is 24.2 Å². The molecule has 0 bridgehead atoms. The number of carboxylic acid groups (broad SMARTS) is 1. The summed E-state index contributed by atoms with van der Waals surface area (Å²) >= 11 is 0. The SMILES string of the molecule is COCCOCCOCCN1CC(C(C)C(=O)O)C1. The summed E-state index contributed by atoms with van der Waals surface area (Å²) in [5, 5.41) is 8.87. The van der Waals surface area contributed by atoms with Crippen molar-refractivity contribution in [1.82, 2.24) is 4.90 Å². The van der Waals surface area contributed by atoms with Gasteiger partial charge in [0.25, 0.3) is 0 Å². The largest absolute Gasteiger partial charge is 0.481 e. The Kier molecular flexibility index (Phi) is 7.97. The summed E-state index contributed by atoms with van der Waals surface area (Å²) in [6.07, 6.45) is 0. The zero-order valence-corrected chi connectivity index (χ0v) is 11.8. The van der Waals surface area contributed by atoms with Gasteiger partial charge in [-0.05, 0) is 5.92 Å². The summed E-state index contributed by atoms with van der Waals surface area (Å²) < 4.78 is 15.6. The van der Waals surface area contributed by atoms with Gasteiger partial charge in [0.2, 0.25) is 0 Å². The van der Waals surface area contributed by atoms with Gasteiger partial charge in [-0.25, -0.2) is 0 Å². The molecule has 0 amide bonds. The van der Waals surface area contributed by atoms with Crippen LogP contribution in [0.3, 0.4) is 0 Å².